The lowest BCUT2D eigenvalue weighted by atomic mass is 10.2. The van der Waals surface area contributed by atoms with Crippen molar-refractivity contribution < 1.29 is 24.0 Å². The molecule has 0 radical (unpaired) electrons. The van der Waals surface area contributed by atoms with E-state index in [0.717, 1.165) is 21.6 Å². The molecule has 0 spiro atoms. The molecule has 1 unspecified atom stereocenters. The first kappa shape index (κ1) is 29.2. The summed E-state index contributed by atoms with van der Waals surface area (Å²) in [6, 6.07) is 27.1. The highest BCUT2D eigenvalue weighted by Crippen LogP contribution is 2.71. The fourth-order valence-corrected chi connectivity index (χ4v) is 10.8. The third-order valence-electron chi connectivity index (χ3n) is 5.35. The number of rotatable bonds is 14. The Hall–Kier alpha value is -2.38. The zero-order valence-corrected chi connectivity index (χ0v) is 23.4. The molecule has 0 aromatic heterocycles. The standard InChI is InChI=1S/C27H29ClNO5PS2/c28-17-16-25(26(30)31)29(27(32)34-18-22-10-4-1-5-11-22)21-35(33,36-19-23-12-6-2-7-13-23)37-20-24-14-8-3-9-15-24/h1-15,25H,16-21H2,(H,30,31). The topological polar surface area (TPSA) is 83.9 Å². The van der Waals surface area contributed by atoms with Crippen LogP contribution < -0.4 is 0 Å². The van der Waals surface area contributed by atoms with Gasteiger partial charge in [-0.25, -0.2) is 9.59 Å². The minimum Gasteiger partial charge on any atom is -0.480 e. The summed E-state index contributed by atoms with van der Waals surface area (Å²) in [5.41, 5.74) is -0.482. The largest absolute Gasteiger partial charge is 0.480 e. The number of hydrogen-bond acceptors (Lipinski definition) is 6. The summed E-state index contributed by atoms with van der Waals surface area (Å²) in [7, 11) is 0. The van der Waals surface area contributed by atoms with Crippen molar-refractivity contribution in [1.29, 1.82) is 0 Å². The van der Waals surface area contributed by atoms with Crippen LogP contribution in [0.5, 0.6) is 0 Å². The van der Waals surface area contributed by atoms with Crippen LogP contribution in [0.1, 0.15) is 23.1 Å². The molecule has 0 aliphatic rings. The fourth-order valence-electron chi connectivity index (χ4n) is 3.40. The molecule has 0 saturated carbocycles. The van der Waals surface area contributed by atoms with Crippen molar-refractivity contribution in [2.45, 2.75) is 30.6 Å². The lowest BCUT2D eigenvalue weighted by molar-refractivity contribution is -0.142. The van der Waals surface area contributed by atoms with Crippen LogP contribution in [0.15, 0.2) is 91.0 Å². The van der Waals surface area contributed by atoms with Gasteiger partial charge in [0.05, 0.1) is 6.29 Å². The van der Waals surface area contributed by atoms with Gasteiger partial charge in [-0.15, -0.1) is 11.6 Å². The van der Waals surface area contributed by atoms with Crippen LogP contribution in [-0.2, 0) is 32.2 Å². The highest BCUT2D eigenvalue weighted by atomic mass is 35.5. The van der Waals surface area contributed by atoms with Crippen molar-refractivity contribution in [3.63, 3.8) is 0 Å². The summed E-state index contributed by atoms with van der Waals surface area (Å²) in [5.74, 6) is -0.275. The number of carbonyl (C=O) groups is 2. The monoisotopic (exact) mass is 577 g/mol. The molecule has 10 heteroatoms. The molecule has 3 aromatic rings. The molecule has 3 aromatic carbocycles. The number of carboxylic acids is 1. The van der Waals surface area contributed by atoms with Crippen LogP contribution in [0, 0.1) is 0 Å². The lowest BCUT2D eigenvalue weighted by Crippen LogP contribution is -2.45. The number of alkyl halides is 1. The van der Waals surface area contributed by atoms with E-state index in [-0.39, 0.29) is 25.2 Å². The van der Waals surface area contributed by atoms with E-state index in [1.165, 1.54) is 22.8 Å². The summed E-state index contributed by atoms with van der Waals surface area (Å²) in [6.07, 6.45) is -1.09. The van der Waals surface area contributed by atoms with Crippen LogP contribution >= 0.6 is 39.9 Å². The molecule has 0 saturated heterocycles. The molecule has 1 N–H and O–H groups in total. The Morgan fingerprint density at radius 1 is 0.838 bits per heavy atom. The molecular formula is C27H29ClNO5PS2. The predicted octanol–water partition coefficient (Wildman–Crippen LogP) is 7.72. The summed E-state index contributed by atoms with van der Waals surface area (Å²) >= 11 is 8.39. The van der Waals surface area contributed by atoms with Crippen LogP contribution in [0.3, 0.4) is 0 Å². The Balaban J connectivity index is 1.84. The summed E-state index contributed by atoms with van der Waals surface area (Å²) in [4.78, 5) is 26.4. The maximum absolute atomic E-state index is 14.3. The maximum Gasteiger partial charge on any atom is 0.411 e. The van der Waals surface area contributed by atoms with Crippen molar-refractivity contribution in [3.8, 4) is 0 Å². The highest BCUT2D eigenvalue weighted by molar-refractivity contribution is 8.90. The first-order valence-corrected chi connectivity index (χ1v) is 17.2. The molecule has 196 valence electrons. The molecule has 0 aliphatic carbocycles. The molecule has 0 bridgehead atoms. The second-order valence-electron chi connectivity index (χ2n) is 8.11. The average Bonchev–Trinajstić information content (AvgIpc) is 2.93. The zero-order valence-electron chi connectivity index (χ0n) is 20.1. The van der Waals surface area contributed by atoms with E-state index in [4.69, 9.17) is 16.3 Å². The van der Waals surface area contributed by atoms with E-state index >= 15 is 0 Å². The lowest BCUT2D eigenvalue weighted by Gasteiger charge is -2.31. The Bertz CT molecular complexity index is 1120. The summed E-state index contributed by atoms with van der Waals surface area (Å²) in [5, 5.41) is 9.91. The van der Waals surface area contributed by atoms with Crippen molar-refractivity contribution in [2.75, 3.05) is 12.2 Å². The summed E-state index contributed by atoms with van der Waals surface area (Å²) in [6.45, 7) is -0.0258. The van der Waals surface area contributed by atoms with Crippen LogP contribution in [0.2, 0.25) is 0 Å². The molecule has 37 heavy (non-hydrogen) atoms. The number of benzene rings is 3. The van der Waals surface area contributed by atoms with Crippen LogP contribution in [0.4, 0.5) is 4.79 Å². The molecule has 6 nitrogen and oxygen atoms in total. The number of amides is 1. The third-order valence-corrected chi connectivity index (χ3v) is 13.7. The number of carbonyl (C=O) groups excluding carboxylic acids is 1. The Kier molecular flexibility index (Phi) is 11.9. The number of halogens is 1. The quantitative estimate of drug-likeness (QED) is 0.155. The van der Waals surface area contributed by atoms with E-state index in [9.17, 15) is 19.3 Å². The van der Waals surface area contributed by atoms with Gasteiger partial charge in [-0.1, -0.05) is 114 Å². The number of aliphatic carboxylic acids is 1. The molecule has 0 heterocycles. The van der Waals surface area contributed by atoms with Gasteiger partial charge in [0.25, 0.3) is 0 Å². The van der Waals surface area contributed by atoms with Crippen LogP contribution in [-0.4, -0.2) is 40.3 Å². The Labute approximate surface area is 230 Å². The van der Waals surface area contributed by atoms with Crippen molar-refractivity contribution in [2.24, 2.45) is 0 Å². The van der Waals surface area contributed by atoms with Gasteiger partial charge in [0.1, 0.15) is 12.6 Å². The fraction of sp³-hybridized carbons (Fsp3) is 0.259. The highest BCUT2D eigenvalue weighted by Gasteiger charge is 2.37. The van der Waals surface area contributed by atoms with E-state index in [0.29, 0.717) is 11.5 Å². The zero-order chi connectivity index (χ0) is 26.5. The first-order valence-electron chi connectivity index (χ1n) is 11.6. The smallest absolute Gasteiger partial charge is 0.411 e. The van der Waals surface area contributed by atoms with Gasteiger partial charge in [0, 0.05) is 17.4 Å². The minimum absolute atomic E-state index is 0.00400. The normalized spacial score (nSPS) is 12.0. The van der Waals surface area contributed by atoms with Gasteiger partial charge in [0.15, 0.2) is 0 Å². The number of hydrogen-bond donors (Lipinski definition) is 1. The van der Waals surface area contributed by atoms with Gasteiger partial charge < -0.3 is 9.84 Å². The SMILES string of the molecule is O=C(O)C(CCCl)N(CP(=O)(SCc1ccccc1)SCc1ccccc1)C(=O)OCc1ccccc1. The van der Waals surface area contributed by atoms with Gasteiger partial charge in [-0.2, -0.15) is 0 Å². The van der Waals surface area contributed by atoms with Gasteiger partial charge >= 0.3 is 12.1 Å². The van der Waals surface area contributed by atoms with E-state index < -0.39 is 23.7 Å². The first-order chi connectivity index (χ1) is 17.9. The molecule has 0 fully saturated rings. The van der Waals surface area contributed by atoms with Crippen LogP contribution in [0.25, 0.3) is 0 Å². The molecular weight excluding hydrogens is 549 g/mol. The maximum atomic E-state index is 14.3. The van der Waals surface area contributed by atoms with E-state index in [1.807, 2.05) is 78.9 Å². The van der Waals surface area contributed by atoms with Gasteiger partial charge in [-0.05, 0) is 23.1 Å². The average molecular weight is 578 g/mol. The third kappa shape index (κ3) is 9.78. The second-order valence-corrected chi connectivity index (χ2v) is 16.9. The molecule has 1 amide bonds. The molecule has 0 aliphatic heterocycles. The van der Waals surface area contributed by atoms with Crippen molar-refractivity contribution in [3.05, 3.63) is 108 Å². The number of carboxylic acid groups (broad SMARTS) is 1. The second kappa shape index (κ2) is 15.1. The van der Waals surface area contributed by atoms with Gasteiger partial charge in [0.2, 0.25) is 5.55 Å². The Morgan fingerprint density at radius 3 is 1.73 bits per heavy atom. The van der Waals surface area contributed by atoms with Gasteiger partial charge in [-0.3, -0.25) is 9.46 Å². The van der Waals surface area contributed by atoms with Crippen molar-refractivity contribution in [1.82, 2.24) is 4.90 Å². The predicted molar refractivity (Wildman–Crippen MR) is 153 cm³/mol. The Morgan fingerprint density at radius 2 is 1.30 bits per heavy atom. The molecule has 3 rings (SSSR count). The number of nitrogens with zero attached hydrogens (tertiary/aromatic N) is 1. The van der Waals surface area contributed by atoms with E-state index in [2.05, 4.69) is 0 Å². The van der Waals surface area contributed by atoms with E-state index in [1.54, 1.807) is 12.1 Å². The molecule has 1 atom stereocenters. The number of ether oxygens (including phenoxy) is 1. The summed E-state index contributed by atoms with van der Waals surface area (Å²) < 4.78 is 19.8. The van der Waals surface area contributed by atoms with Crippen molar-refractivity contribution >= 4 is 52.0 Å². The minimum atomic E-state index is -3.22.